The maximum absolute atomic E-state index is 13.4. The minimum Gasteiger partial charge on any atom is -0.355 e. The van der Waals surface area contributed by atoms with Crippen LogP contribution in [-0.4, -0.2) is 11.1 Å². The Morgan fingerprint density at radius 1 is 1.12 bits per heavy atom. The maximum atomic E-state index is 13.4. The van der Waals surface area contributed by atoms with Crippen molar-refractivity contribution in [1.29, 1.82) is 5.26 Å². The SMILES string of the molecule is N#Cc1ccc(NC(=O)c2cnoc2-c2ccc(F)c(F)c2)cc1. The molecule has 1 heterocycles. The van der Waals surface area contributed by atoms with Crippen LogP contribution in [0.5, 0.6) is 0 Å². The summed E-state index contributed by atoms with van der Waals surface area (Å²) < 4.78 is 31.4. The molecule has 1 aromatic heterocycles. The minimum absolute atomic E-state index is 0.0278. The highest BCUT2D eigenvalue weighted by Gasteiger charge is 2.19. The van der Waals surface area contributed by atoms with Crippen molar-refractivity contribution >= 4 is 11.6 Å². The van der Waals surface area contributed by atoms with Crippen molar-refractivity contribution in [2.24, 2.45) is 0 Å². The fourth-order valence-corrected chi connectivity index (χ4v) is 2.07. The van der Waals surface area contributed by atoms with Crippen molar-refractivity contribution in [1.82, 2.24) is 5.16 Å². The summed E-state index contributed by atoms with van der Waals surface area (Å²) in [7, 11) is 0. The zero-order chi connectivity index (χ0) is 17.1. The van der Waals surface area contributed by atoms with Crippen LogP contribution in [0, 0.1) is 23.0 Å². The molecule has 1 N–H and O–H groups in total. The van der Waals surface area contributed by atoms with E-state index in [9.17, 15) is 13.6 Å². The Hall–Kier alpha value is -3.53. The summed E-state index contributed by atoms with van der Waals surface area (Å²) in [6, 6.07) is 11.4. The Morgan fingerprint density at radius 2 is 1.88 bits per heavy atom. The predicted molar refractivity (Wildman–Crippen MR) is 81.0 cm³/mol. The van der Waals surface area contributed by atoms with E-state index in [-0.39, 0.29) is 16.9 Å². The number of hydrogen-bond acceptors (Lipinski definition) is 4. The van der Waals surface area contributed by atoms with E-state index < -0.39 is 17.5 Å². The van der Waals surface area contributed by atoms with E-state index in [0.717, 1.165) is 12.1 Å². The van der Waals surface area contributed by atoms with Crippen LogP contribution in [0.2, 0.25) is 0 Å². The zero-order valence-corrected chi connectivity index (χ0v) is 12.1. The number of nitrogens with one attached hydrogen (secondary N) is 1. The third kappa shape index (κ3) is 2.98. The van der Waals surface area contributed by atoms with Crippen LogP contribution >= 0.6 is 0 Å². The Labute approximate surface area is 135 Å². The Morgan fingerprint density at radius 3 is 2.54 bits per heavy atom. The number of anilines is 1. The van der Waals surface area contributed by atoms with Gasteiger partial charge in [-0.3, -0.25) is 4.79 Å². The highest BCUT2D eigenvalue weighted by atomic mass is 19.2. The van der Waals surface area contributed by atoms with E-state index >= 15 is 0 Å². The number of amides is 1. The second-order valence-electron chi connectivity index (χ2n) is 4.84. The number of carbonyl (C=O) groups is 1. The molecule has 0 atom stereocenters. The smallest absolute Gasteiger partial charge is 0.261 e. The van der Waals surface area contributed by atoms with Crippen LogP contribution in [0.25, 0.3) is 11.3 Å². The summed E-state index contributed by atoms with van der Waals surface area (Å²) >= 11 is 0. The van der Waals surface area contributed by atoms with E-state index in [4.69, 9.17) is 9.78 Å². The van der Waals surface area contributed by atoms with Gasteiger partial charge in [-0.05, 0) is 42.5 Å². The maximum Gasteiger partial charge on any atom is 0.261 e. The first kappa shape index (κ1) is 15.4. The average molecular weight is 325 g/mol. The van der Waals surface area contributed by atoms with Gasteiger partial charge in [-0.1, -0.05) is 5.16 Å². The van der Waals surface area contributed by atoms with Crippen molar-refractivity contribution in [3.05, 3.63) is 71.4 Å². The molecule has 0 unspecified atom stereocenters. The highest BCUT2D eigenvalue weighted by Crippen LogP contribution is 2.26. The van der Waals surface area contributed by atoms with E-state index in [1.165, 1.54) is 12.3 Å². The first-order valence-corrected chi connectivity index (χ1v) is 6.80. The highest BCUT2D eigenvalue weighted by molar-refractivity contribution is 6.07. The lowest BCUT2D eigenvalue weighted by molar-refractivity contribution is 0.102. The van der Waals surface area contributed by atoms with Crippen molar-refractivity contribution in [3.8, 4) is 17.4 Å². The van der Waals surface area contributed by atoms with E-state index in [1.54, 1.807) is 24.3 Å². The van der Waals surface area contributed by atoms with Gasteiger partial charge in [0.25, 0.3) is 5.91 Å². The molecule has 2 aromatic carbocycles. The summed E-state index contributed by atoms with van der Waals surface area (Å²) in [4.78, 5) is 12.3. The zero-order valence-electron chi connectivity index (χ0n) is 12.1. The van der Waals surface area contributed by atoms with Crippen LogP contribution in [0.3, 0.4) is 0 Å². The monoisotopic (exact) mass is 325 g/mol. The Balaban J connectivity index is 1.87. The van der Waals surface area contributed by atoms with Gasteiger partial charge in [0.05, 0.1) is 17.8 Å². The van der Waals surface area contributed by atoms with Crippen LogP contribution in [0.15, 0.2) is 53.2 Å². The second-order valence-corrected chi connectivity index (χ2v) is 4.84. The molecule has 0 aliphatic heterocycles. The van der Waals surface area contributed by atoms with E-state index in [2.05, 4.69) is 10.5 Å². The number of hydrogen-bond donors (Lipinski definition) is 1. The van der Waals surface area contributed by atoms with Crippen LogP contribution in [-0.2, 0) is 0 Å². The number of aromatic nitrogens is 1. The molecular formula is C17H9F2N3O2. The van der Waals surface area contributed by atoms with Crippen molar-refractivity contribution in [3.63, 3.8) is 0 Å². The van der Waals surface area contributed by atoms with Crippen LogP contribution in [0.4, 0.5) is 14.5 Å². The van der Waals surface area contributed by atoms with Gasteiger partial charge in [0.2, 0.25) is 0 Å². The van der Waals surface area contributed by atoms with Crippen molar-refractivity contribution in [2.45, 2.75) is 0 Å². The van der Waals surface area contributed by atoms with Gasteiger partial charge in [0, 0.05) is 11.3 Å². The Kier molecular flexibility index (Phi) is 4.03. The summed E-state index contributed by atoms with van der Waals surface area (Å²) in [5.41, 5.74) is 1.19. The summed E-state index contributed by atoms with van der Waals surface area (Å²) in [5, 5.41) is 14.9. The van der Waals surface area contributed by atoms with Crippen molar-refractivity contribution < 1.29 is 18.1 Å². The molecule has 118 valence electrons. The standard InChI is InChI=1S/C17H9F2N3O2/c18-14-6-3-11(7-15(14)19)16-13(9-21-24-16)17(23)22-12-4-1-10(8-20)2-5-12/h1-7,9H,(H,22,23). The number of nitrogens with zero attached hydrogens (tertiary/aromatic N) is 2. The molecule has 0 bridgehead atoms. The first-order valence-electron chi connectivity index (χ1n) is 6.80. The van der Waals surface area contributed by atoms with Crippen LogP contribution < -0.4 is 5.32 Å². The van der Waals surface area contributed by atoms with Crippen LogP contribution in [0.1, 0.15) is 15.9 Å². The number of nitriles is 1. The molecule has 1 amide bonds. The van der Waals surface area contributed by atoms with E-state index in [0.29, 0.717) is 11.3 Å². The molecule has 0 fully saturated rings. The van der Waals surface area contributed by atoms with E-state index in [1.807, 2.05) is 6.07 Å². The number of benzene rings is 2. The summed E-state index contributed by atoms with van der Waals surface area (Å²) in [5.74, 6) is -2.55. The van der Waals surface area contributed by atoms with Gasteiger partial charge >= 0.3 is 0 Å². The second kappa shape index (κ2) is 6.30. The molecule has 24 heavy (non-hydrogen) atoms. The van der Waals surface area contributed by atoms with Gasteiger partial charge in [-0.15, -0.1) is 0 Å². The molecule has 0 saturated heterocycles. The molecule has 0 spiro atoms. The normalized spacial score (nSPS) is 10.2. The summed E-state index contributed by atoms with van der Waals surface area (Å²) in [6.07, 6.45) is 1.19. The molecule has 0 aliphatic rings. The molecular weight excluding hydrogens is 316 g/mol. The average Bonchev–Trinajstić information content (AvgIpc) is 3.08. The topological polar surface area (TPSA) is 78.9 Å². The lowest BCUT2D eigenvalue weighted by atomic mass is 10.1. The fourth-order valence-electron chi connectivity index (χ4n) is 2.07. The lowest BCUT2D eigenvalue weighted by Crippen LogP contribution is -2.12. The first-order chi connectivity index (χ1) is 11.6. The molecule has 0 aliphatic carbocycles. The molecule has 0 saturated carbocycles. The quantitative estimate of drug-likeness (QED) is 0.795. The largest absolute Gasteiger partial charge is 0.355 e. The molecule has 7 heteroatoms. The van der Waals surface area contributed by atoms with Crippen molar-refractivity contribution in [2.75, 3.05) is 5.32 Å². The third-order valence-electron chi connectivity index (χ3n) is 3.27. The number of halogens is 2. The van der Waals surface area contributed by atoms with Gasteiger partial charge < -0.3 is 9.84 Å². The molecule has 5 nitrogen and oxygen atoms in total. The molecule has 3 rings (SSSR count). The van der Waals surface area contributed by atoms with Gasteiger partial charge in [0.1, 0.15) is 5.56 Å². The Bertz CT molecular complexity index is 943. The summed E-state index contributed by atoms with van der Waals surface area (Å²) in [6.45, 7) is 0. The van der Waals surface area contributed by atoms with Gasteiger partial charge in [-0.25, -0.2) is 8.78 Å². The predicted octanol–water partition coefficient (Wildman–Crippen LogP) is 3.74. The lowest BCUT2D eigenvalue weighted by Gasteiger charge is -2.05. The number of rotatable bonds is 3. The van der Waals surface area contributed by atoms with Gasteiger partial charge in [0.15, 0.2) is 17.4 Å². The molecule has 3 aromatic rings. The van der Waals surface area contributed by atoms with Gasteiger partial charge in [-0.2, -0.15) is 5.26 Å². The minimum atomic E-state index is -1.05. The molecule has 0 radical (unpaired) electrons. The fraction of sp³-hybridized carbons (Fsp3) is 0. The third-order valence-corrected chi connectivity index (χ3v) is 3.27. The number of carbonyl (C=O) groups excluding carboxylic acids is 1.